The highest BCUT2D eigenvalue weighted by atomic mass is 16.5. The van der Waals surface area contributed by atoms with E-state index in [0.717, 1.165) is 6.54 Å². The van der Waals surface area contributed by atoms with Crippen molar-refractivity contribution >= 4 is 11.6 Å². The number of benzene rings is 1. The summed E-state index contributed by atoms with van der Waals surface area (Å²) in [4.78, 5) is 16.7. The maximum Gasteiger partial charge on any atom is 0.260 e. The fraction of sp³-hybridized carbons (Fsp3) is 0.333. The molecule has 1 amide bonds. The number of hydrogen-bond acceptors (Lipinski definition) is 6. The molecule has 0 radical (unpaired) electrons. The number of ether oxygens (including phenoxy) is 1. The zero-order chi connectivity index (χ0) is 17.9. The fourth-order valence-electron chi connectivity index (χ4n) is 3.15. The molecule has 0 unspecified atom stereocenters. The summed E-state index contributed by atoms with van der Waals surface area (Å²) in [6, 6.07) is 13.9. The Hall–Kier alpha value is -3.00. The predicted octanol–water partition coefficient (Wildman–Crippen LogP) is 1.02. The standard InChI is InChI=1S/C18H20N6O2/c1-22-9-10-23(11-15(22)14-5-3-2-4-6-14)18(25)12-26-17-8-7-16-20-19-13-24(16)21-17/h2-8,13,15H,9-12H2,1H3/t15-/m1/s1. The van der Waals surface area contributed by atoms with E-state index in [4.69, 9.17) is 4.74 Å². The minimum Gasteiger partial charge on any atom is -0.467 e. The van der Waals surface area contributed by atoms with Crippen molar-refractivity contribution in [3.8, 4) is 5.88 Å². The number of amides is 1. The van der Waals surface area contributed by atoms with E-state index in [0.29, 0.717) is 24.6 Å². The number of nitrogens with zero attached hydrogens (tertiary/aromatic N) is 6. The van der Waals surface area contributed by atoms with E-state index in [1.165, 1.54) is 16.4 Å². The highest BCUT2D eigenvalue weighted by Crippen LogP contribution is 2.23. The molecule has 0 spiro atoms. The fourth-order valence-corrected chi connectivity index (χ4v) is 3.15. The lowest BCUT2D eigenvalue weighted by molar-refractivity contribution is -0.136. The van der Waals surface area contributed by atoms with Gasteiger partial charge in [-0.2, -0.15) is 4.52 Å². The van der Waals surface area contributed by atoms with Crippen molar-refractivity contribution in [3.63, 3.8) is 0 Å². The van der Waals surface area contributed by atoms with Gasteiger partial charge in [0, 0.05) is 25.7 Å². The molecule has 1 aliphatic rings. The average Bonchev–Trinajstić information content (AvgIpc) is 3.15. The number of fused-ring (bicyclic) bond motifs is 1. The minimum atomic E-state index is -0.0373. The van der Waals surface area contributed by atoms with Crippen LogP contribution in [0.5, 0.6) is 5.88 Å². The largest absolute Gasteiger partial charge is 0.467 e. The molecule has 1 saturated heterocycles. The van der Waals surface area contributed by atoms with Gasteiger partial charge in [-0.1, -0.05) is 30.3 Å². The molecule has 1 aliphatic heterocycles. The highest BCUT2D eigenvalue weighted by Gasteiger charge is 2.28. The van der Waals surface area contributed by atoms with Crippen LogP contribution in [0.2, 0.25) is 0 Å². The Morgan fingerprint density at radius 2 is 2.04 bits per heavy atom. The first kappa shape index (κ1) is 16.5. The first-order valence-electron chi connectivity index (χ1n) is 8.53. The summed E-state index contributed by atoms with van der Waals surface area (Å²) in [5.41, 5.74) is 1.85. The van der Waals surface area contributed by atoms with Crippen LogP contribution in [0.1, 0.15) is 11.6 Å². The Morgan fingerprint density at radius 1 is 1.19 bits per heavy atom. The van der Waals surface area contributed by atoms with Crippen LogP contribution < -0.4 is 4.74 Å². The van der Waals surface area contributed by atoms with Crippen LogP contribution in [0, 0.1) is 0 Å². The van der Waals surface area contributed by atoms with Gasteiger partial charge in [-0.15, -0.1) is 15.3 Å². The summed E-state index contributed by atoms with van der Waals surface area (Å²) in [7, 11) is 2.09. The molecule has 0 saturated carbocycles. The molecule has 0 bridgehead atoms. The number of piperazine rings is 1. The molecule has 26 heavy (non-hydrogen) atoms. The lowest BCUT2D eigenvalue weighted by Gasteiger charge is -2.39. The second-order valence-corrected chi connectivity index (χ2v) is 6.34. The first-order valence-corrected chi connectivity index (χ1v) is 8.53. The van der Waals surface area contributed by atoms with E-state index >= 15 is 0 Å². The molecule has 8 heteroatoms. The number of carbonyl (C=O) groups excluding carboxylic acids is 1. The van der Waals surface area contributed by atoms with Gasteiger partial charge in [0.05, 0.1) is 6.04 Å². The molecule has 3 aromatic rings. The third kappa shape index (κ3) is 3.36. The Labute approximate surface area is 151 Å². The van der Waals surface area contributed by atoms with E-state index in [9.17, 15) is 4.79 Å². The van der Waals surface area contributed by atoms with Gasteiger partial charge in [0.2, 0.25) is 5.88 Å². The van der Waals surface area contributed by atoms with Crippen molar-refractivity contribution in [2.75, 3.05) is 33.3 Å². The topological polar surface area (TPSA) is 75.9 Å². The summed E-state index contributed by atoms with van der Waals surface area (Å²) in [6.45, 7) is 2.14. The number of carbonyl (C=O) groups is 1. The van der Waals surface area contributed by atoms with Crippen LogP contribution in [-0.2, 0) is 4.79 Å². The SMILES string of the molecule is CN1CCN(C(=O)COc2ccc3nncn3n2)C[C@@H]1c1ccccc1. The van der Waals surface area contributed by atoms with Crippen LogP contribution in [-0.4, -0.2) is 68.8 Å². The summed E-state index contributed by atoms with van der Waals surface area (Å²) in [6.07, 6.45) is 1.49. The number of hydrogen-bond donors (Lipinski definition) is 0. The second-order valence-electron chi connectivity index (χ2n) is 6.34. The third-order valence-electron chi connectivity index (χ3n) is 4.67. The lowest BCUT2D eigenvalue weighted by atomic mass is 10.0. The van der Waals surface area contributed by atoms with E-state index in [-0.39, 0.29) is 18.6 Å². The van der Waals surface area contributed by atoms with Gasteiger partial charge in [-0.25, -0.2) is 0 Å². The van der Waals surface area contributed by atoms with Crippen molar-refractivity contribution in [1.82, 2.24) is 29.6 Å². The summed E-state index contributed by atoms with van der Waals surface area (Å²) >= 11 is 0. The second kappa shape index (κ2) is 7.09. The molecule has 0 N–H and O–H groups in total. The Morgan fingerprint density at radius 3 is 2.88 bits per heavy atom. The first-order chi connectivity index (χ1) is 12.7. The molecule has 0 aliphatic carbocycles. The number of aromatic nitrogens is 4. The molecule has 2 aromatic heterocycles. The van der Waals surface area contributed by atoms with Gasteiger partial charge in [0.15, 0.2) is 12.3 Å². The Kier molecular flexibility index (Phi) is 4.49. The molecule has 1 fully saturated rings. The van der Waals surface area contributed by atoms with E-state index in [1.54, 1.807) is 12.1 Å². The van der Waals surface area contributed by atoms with E-state index in [2.05, 4.69) is 39.4 Å². The van der Waals surface area contributed by atoms with Crippen molar-refractivity contribution in [1.29, 1.82) is 0 Å². The van der Waals surface area contributed by atoms with Crippen LogP contribution >= 0.6 is 0 Å². The zero-order valence-electron chi connectivity index (χ0n) is 14.5. The van der Waals surface area contributed by atoms with Gasteiger partial charge >= 0.3 is 0 Å². The van der Waals surface area contributed by atoms with E-state index in [1.807, 2.05) is 23.1 Å². The van der Waals surface area contributed by atoms with Gasteiger partial charge in [0.1, 0.15) is 6.33 Å². The number of likely N-dealkylation sites (N-methyl/N-ethyl adjacent to an activating group) is 1. The average molecular weight is 352 g/mol. The minimum absolute atomic E-state index is 0.0359. The van der Waals surface area contributed by atoms with Crippen LogP contribution in [0.4, 0.5) is 0 Å². The van der Waals surface area contributed by atoms with Gasteiger partial charge in [-0.05, 0) is 18.7 Å². The third-order valence-corrected chi connectivity index (χ3v) is 4.67. The molecule has 1 atom stereocenters. The van der Waals surface area contributed by atoms with Crippen molar-refractivity contribution in [3.05, 3.63) is 54.4 Å². The van der Waals surface area contributed by atoms with E-state index < -0.39 is 0 Å². The molecular formula is C18H20N6O2. The van der Waals surface area contributed by atoms with Gasteiger partial charge < -0.3 is 9.64 Å². The van der Waals surface area contributed by atoms with Crippen molar-refractivity contribution in [2.24, 2.45) is 0 Å². The lowest BCUT2D eigenvalue weighted by Crippen LogP contribution is -2.50. The predicted molar refractivity (Wildman–Crippen MR) is 94.7 cm³/mol. The Bertz CT molecular complexity index is 897. The highest BCUT2D eigenvalue weighted by molar-refractivity contribution is 5.78. The molecule has 134 valence electrons. The van der Waals surface area contributed by atoms with Gasteiger partial charge in [0.25, 0.3) is 5.91 Å². The van der Waals surface area contributed by atoms with Crippen LogP contribution in [0.3, 0.4) is 0 Å². The molecular weight excluding hydrogens is 332 g/mol. The molecule has 1 aromatic carbocycles. The maximum atomic E-state index is 12.6. The van der Waals surface area contributed by atoms with Crippen LogP contribution in [0.25, 0.3) is 5.65 Å². The molecule has 3 heterocycles. The van der Waals surface area contributed by atoms with Gasteiger partial charge in [-0.3, -0.25) is 9.69 Å². The normalized spacial score (nSPS) is 18.2. The smallest absolute Gasteiger partial charge is 0.260 e. The summed E-state index contributed by atoms with van der Waals surface area (Å²) in [5, 5.41) is 11.9. The summed E-state index contributed by atoms with van der Waals surface area (Å²) < 4.78 is 7.09. The number of rotatable bonds is 4. The molecule has 4 rings (SSSR count). The van der Waals surface area contributed by atoms with Crippen molar-refractivity contribution < 1.29 is 9.53 Å². The monoisotopic (exact) mass is 352 g/mol. The molecule has 8 nitrogen and oxygen atoms in total. The van der Waals surface area contributed by atoms with Crippen LogP contribution in [0.15, 0.2) is 48.8 Å². The quantitative estimate of drug-likeness (QED) is 0.698. The summed E-state index contributed by atoms with van der Waals surface area (Å²) in [5.74, 6) is 0.337. The Balaban J connectivity index is 1.39. The zero-order valence-corrected chi connectivity index (χ0v) is 14.5. The maximum absolute atomic E-state index is 12.6. The van der Waals surface area contributed by atoms with Crippen molar-refractivity contribution in [2.45, 2.75) is 6.04 Å².